The molecule has 1 rings (SSSR count). The van der Waals surface area contributed by atoms with Crippen molar-refractivity contribution in [2.75, 3.05) is 20.2 Å². The number of thiazole rings is 1. The second kappa shape index (κ2) is 6.46. The number of sulfonamides is 1. The minimum absolute atomic E-state index is 0.0100. The summed E-state index contributed by atoms with van der Waals surface area (Å²) in [6.07, 6.45) is 1.21. The van der Waals surface area contributed by atoms with Crippen molar-refractivity contribution in [3.05, 3.63) is 10.7 Å². The first-order valence-corrected chi connectivity index (χ1v) is 7.74. The SMILES string of the molecule is CCOC(=O)CCN(C)S(=O)(=O)c1cnc(Cl)s1. The summed E-state index contributed by atoms with van der Waals surface area (Å²) < 4.78 is 30.0. The smallest absolute Gasteiger partial charge is 0.307 e. The number of hydrogen-bond donors (Lipinski definition) is 0. The Morgan fingerprint density at radius 1 is 1.61 bits per heavy atom. The third kappa shape index (κ3) is 3.91. The van der Waals surface area contributed by atoms with Crippen LogP contribution in [0.25, 0.3) is 0 Å². The average Bonchev–Trinajstić information content (AvgIpc) is 2.73. The molecule has 0 N–H and O–H groups in total. The Hall–Kier alpha value is -0.700. The molecule has 0 aliphatic rings. The molecule has 18 heavy (non-hydrogen) atoms. The minimum atomic E-state index is -3.63. The molecule has 0 radical (unpaired) electrons. The molecule has 1 aromatic heterocycles. The summed E-state index contributed by atoms with van der Waals surface area (Å²) >= 11 is 6.47. The number of carbonyl (C=O) groups is 1. The van der Waals surface area contributed by atoms with Gasteiger partial charge in [0, 0.05) is 13.6 Å². The highest BCUT2D eigenvalue weighted by Gasteiger charge is 2.23. The third-order valence-electron chi connectivity index (χ3n) is 2.06. The molecule has 0 aliphatic heterocycles. The van der Waals surface area contributed by atoms with Crippen LogP contribution in [0.15, 0.2) is 10.4 Å². The van der Waals surface area contributed by atoms with E-state index in [1.54, 1.807) is 6.92 Å². The lowest BCUT2D eigenvalue weighted by molar-refractivity contribution is -0.143. The van der Waals surface area contributed by atoms with E-state index >= 15 is 0 Å². The number of nitrogens with zero attached hydrogens (tertiary/aromatic N) is 2. The van der Waals surface area contributed by atoms with E-state index in [0.29, 0.717) is 0 Å². The molecule has 0 fully saturated rings. The van der Waals surface area contributed by atoms with E-state index < -0.39 is 16.0 Å². The monoisotopic (exact) mass is 312 g/mol. The van der Waals surface area contributed by atoms with E-state index in [1.807, 2.05) is 0 Å². The molecular weight excluding hydrogens is 300 g/mol. The van der Waals surface area contributed by atoms with Gasteiger partial charge in [-0.15, -0.1) is 0 Å². The van der Waals surface area contributed by atoms with E-state index in [2.05, 4.69) is 4.98 Å². The molecule has 0 saturated carbocycles. The van der Waals surface area contributed by atoms with Gasteiger partial charge in [-0.05, 0) is 6.92 Å². The lowest BCUT2D eigenvalue weighted by Crippen LogP contribution is -2.29. The molecule has 0 atom stereocenters. The quantitative estimate of drug-likeness (QED) is 0.741. The minimum Gasteiger partial charge on any atom is -0.466 e. The Labute approximate surface area is 115 Å². The van der Waals surface area contributed by atoms with Crippen LogP contribution >= 0.6 is 22.9 Å². The summed E-state index contributed by atoms with van der Waals surface area (Å²) in [4.78, 5) is 14.8. The van der Waals surface area contributed by atoms with Gasteiger partial charge in [-0.2, -0.15) is 4.31 Å². The fourth-order valence-corrected chi connectivity index (χ4v) is 3.79. The fraction of sp³-hybridized carbons (Fsp3) is 0.556. The maximum Gasteiger partial charge on any atom is 0.307 e. The Bertz CT molecular complexity index is 514. The second-order valence-corrected chi connectivity index (χ2v) is 7.20. The van der Waals surface area contributed by atoms with E-state index in [9.17, 15) is 13.2 Å². The lowest BCUT2D eigenvalue weighted by atomic mass is 10.4. The number of aromatic nitrogens is 1. The second-order valence-electron chi connectivity index (χ2n) is 3.31. The number of rotatable bonds is 6. The van der Waals surface area contributed by atoms with Crippen molar-refractivity contribution in [1.29, 1.82) is 0 Å². The highest BCUT2D eigenvalue weighted by molar-refractivity contribution is 7.91. The number of ether oxygens (including phenoxy) is 1. The van der Waals surface area contributed by atoms with E-state index in [4.69, 9.17) is 16.3 Å². The lowest BCUT2D eigenvalue weighted by Gasteiger charge is -2.14. The van der Waals surface area contributed by atoms with Gasteiger partial charge in [0.15, 0.2) is 8.68 Å². The molecule has 1 heterocycles. The molecule has 0 aromatic carbocycles. The van der Waals surface area contributed by atoms with Crippen molar-refractivity contribution in [3.8, 4) is 0 Å². The Balaban J connectivity index is 2.66. The van der Waals surface area contributed by atoms with Gasteiger partial charge in [-0.3, -0.25) is 4.79 Å². The van der Waals surface area contributed by atoms with Crippen LogP contribution < -0.4 is 0 Å². The Morgan fingerprint density at radius 2 is 2.28 bits per heavy atom. The highest BCUT2D eigenvalue weighted by Crippen LogP contribution is 2.24. The van der Waals surface area contributed by atoms with Gasteiger partial charge in [0.1, 0.15) is 0 Å². The maximum atomic E-state index is 12.0. The van der Waals surface area contributed by atoms with Crippen molar-refractivity contribution in [2.24, 2.45) is 0 Å². The van der Waals surface area contributed by atoms with Gasteiger partial charge in [-0.25, -0.2) is 13.4 Å². The molecule has 0 saturated heterocycles. The van der Waals surface area contributed by atoms with Crippen LogP contribution in [0.4, 0.5) is 0 Å². The fourth-order valence-electron chi connectivity index (χ4n) is 1.11. The van der Waals surface area contributed by atoms with Crippen LogP contribution in [0.2, 0.25) is 4.47 Å². The molecule has 0 unspecified atom stereocenters. The summed E-state index contributed by atoms with van der Waals surface area (Å²) in [5, 5.41) is 0. The van der Waals surface area contributed by atoms with Gasteiger partial charge in [-0.1, -0.05) is 22.9 Å². The zero-order valence-electron chi connectivity index (χ0n) is 9.92. The van der Waals surface area contributed by atoms with Gasteiger partial charge >= 0.3 is 5.97 Å². The van der Waals surface area contributed by atoms with Gasteiger partial charge in [0.2, 0.25) is 0 Å². The summed E-state index contributed by atoms with van der Waals surface area (Å²) in [7, 11) is -2.24. The summed E-state index contributed by atoms with van der Waals surface area (Å²) in [5.41, 5.74) is 0. The molecule has 102 valence electrons. The van der Waals surface area contributed by atoms with Crippen molar-refractivity contribution >= 4 is 38.9 Å². The van der Waals surface area contributed by atoms with Crippen molar-refractivity contribution < 1.29 is 17.9 Å². The molecular formula is C9H13ClN2O4S2. The zero-order valence-corrected chi connectivity index (χ0v) is 12.3. The molecule has 1 aromatic rings. The molecule has 9 heteroatoms. The summed E-state index contributed by atoms with van der Waals surface area (Å²) in [5.74, 6) is -0.429. The van der Waals surface area contributed by atoms with Crippen molar-refractivity contribution in [2.45, 2.75) is 17.6 Å². The van der Waals surface area contributed by atoms with E-state index in [-0.39, 0.29) is 28.2 Å². The van der Waals surface area contributed by atoms with E-state index in [1.165, 1.54) is 13.2 Å². The summed E-state index contributed by atoms with van der Waals surface area (Å²) in [6, 6.07) is 0. The average molecular weight is 313 g/mol. The maximum absolute atomic E-state index is 12.0. The third-order valence-corrected chi connectivity index (χ3v) is 5.47. The first-order valence-electron chi connectivity index (χ1n) is 5.11. The van der Waals surface area contributed by atoms with Crippen LogP contribution in [0, 0.1) is 0 Å². The highest BCUT2D eigenvalue weighted by atomic mass is 35.5. The van der Waals surface area contributed by atoms with Crippen LogP contribution in [-0.4, -0.2) is 43.9 Å². The Morgan fingerprint density at radius 3 is 2.78 bits per heavy atom. The topological polar surface area (TPSA) is 76.6 Å². The molecule has 0 aliphatic carbocycles. The zero-order chi connectivity index (χ0) is 13.8. The Kier molecular flexibility index (Phi) is 5.51. The normalized spacial score (nSPS) is 11.8. The number of hydrogen-bond acceptors (Lipinski definition) is 6. The first kappa shape index (κ1) is 15.4. The van der Waals surface area contributed by atoms with Crippen LogP contribution in [-0.2, 0) is 19.6 Å². The van der Waals surface area contributed by atoms with E-state index in [0.717, 1.165) is 15.6 Å². The van der Waals surface area contributed by atoms with Crippen molar-refractivity contribution in [1.82, 2.24) is 9.29 Å². The molecule has 0 amide bonds. The molecule has 0 bridgehead atoms. The van der Waals surface area contributed by atoms with Crippen LogP contribution in [0.3, 0.4) is 0 Å². The largest absolute Gasteiger partial charge is 0.466 e. The summed E-state index contributed by atoms with van der Waals surface area (Å²) in [6.45, 7) is 2.02. The van der Waals surface area contributed by atoms with Gasteiger partial charge < -0.3 is 4.74 Å². The van der Waals surface area contributed by atoms with Crippen LogP contribution in [0.1, 0.15) is 13.3 Å². The number of halogens is 1. The predicted molar refractivity (Wildman–Crippen MR) is 68.2 cm³/mol. The first-order chi connectivity index (χ1) is 8.37. The number of esters is 1. The standard InChI is InChI=1S/C9H13ClN2O4S2/c1-3-16-7(13)4-5-12(2)18(14,15)8-6-11-9(10)17-8/h6H,3-5H2,1-2H3. The molecule has 0 spiro atoms. The predicted octanol–water partition coefficient (Wildman–Crippen LogP) is 1.37. The van der Waals surface area contributed by atoms with Gasteiger partial charge in [0.25, 0.3) is 10.0 Å². The van der Waals surface area contributed by atoms with Crippen molar-refractivity contribution in [3.63, 3.8) is 0 Å². The van der Waals surface area contributed by atoms with Crippen LogP contribution in [0.5, 0.6) is 0 Å². The molecule has 6 nitrogen and oxygen atoms in total. The van der Waals surface area contributed by atoms with Gasteiger partial charge in [0.05, 0.1) is 19.2 Å². The number of carbonyl (C=O) groups excluding carboxylic acids is 1.